The highest BCUT2D eigenvalue weighted by Gasteiger charge is 2.55. The fourth-order valence-electron chi connectivity index (χ4n) is 3.61. The summed E-state index contributed by atoms with van der Waals surface area (Å²) in [6.45, 7) is 0.133. The van der Waals surface area contributed by atoms with E-state index in [1.165, 1.54) is 6.26 Å². The first-order chi connectivity index (χ1) is 9.82. The Morgan fingerprint density at radius 1 is 1.24 bits per heavy atom. The molecule has 3 rings (SSSR count). The van der Waals surface area contributed by atoms with E-state index in [0.717, 1.165) is 25.7 Å². The molecule has 0 aromatic carbocycles. The molecule has 1 N–H and O–H groups in total. The van der Waals surface area contributed by atoms with E-state index in [1.807, 2.05) is 0 Å². The van der Waals surface area contributed by atoms with Crippen molar-refractivity contribution in [3.8, 4) is 0 Å². The van der Waals surface area contributed by atoms with Gasteiger partial charge in [0.25, 0.3) is 0 Å². The van der Waals surface area contributed by atoms with Gasteiger partial charge in [0.05, 0.1) is 5.75 Å². The van der Waals surface area contributed by atoms with Gasteiger partial charge in [-0.05, 0) is 31.6 Å². The van der Waals surface area contributed by atoms with Crippen molar-refractivity contribution in [1.29, 1.82) is 0 Å². The summed E-state index contributed by atoms with van der Waals surface area (Å²) in [5.41, 5.74) is -0.764. The third-order valence-corrected chi connectivity index (χ3v) is 5.79. The number of piperazine rings is 1. The zero-order valence-electron chi connectivity index (χ0n) is 12.3. The zero-order chi connectivity index (χ0) is 15.3. The number of carbonyl (C=O) groups excluding carboxylic acids is 2. The van der Waals surface area contributed by atoms with Crippen molar-refractivity contribution in [1.82, 2.24) is 10.2 Å². The fraction of sp³-hybridized carbons (Fsp3) is 0.857. The van der Waals surface area contributed by atoms with E-state index in [4.69, 9.17) is 0 Å². The summed E-state index contributed by atoms with van der Waals surface area (Å²) in [7, 11) is -3.15. The van der Waals surface area contributed by atoms with E-state index in [9.17, 15) is 18.0 Å². The number of hydrogen-bond acceptors (Lipinski definition) is 4. The molecule has 1 aliphatic heterocycles. The maximum absolute atomic E-state index is 12.9. The average Bonchev–Trinajstić information content (AvgIpc) is 3.11. The number of sulfone groups is 1. The first-order valence-electron chi connectivity index (χ1n) is 7.63. The fourth-order valence-corrected chi connectivity index (χ4v) is 4.14. The summed E-state index contributed by atoms with van der Waals surface area (Å²) >= 11 is 0. The SMILES string of the molecule is CS(=O)(=O)CCN1C(=O)C2(CCCC2)NC(=O)C1C1CC1. The van der Waals surface area contributed by atoms with Gasteiger partial charge >= 0.3 is 0 Å². The summed E-state index contributed by atoms with van der Waals surface area (Å²) < 4.78 is 22.9. The van der Waals surface area contributed by atoms with Crippen LogP contribution in [-0.4, -0.2) is 55.3 Å². The van der Waals surface area contributed by atoms with Gasteiger partial charge in [0.2, 0.25) is 11.8 Å². The predicted molar refractivity (Wildman–Crippen MR) is 77.3 cm³/mol. The highest BCUT2D eigenvalue weighted by Crippen LogP contribution is 2.41. The van der Waals surface area contributed by atoms with E-state index in [-0.39, 0.29) is 30.0 Å². The molecule has 1 atom stereocenters. The van der Waals surface area contributed by atoms with Gasteiger partial charge in [0.1, 0.15) is 21.4 Å². The Morgan fingerprint density at radius 3 is 2.38 bits per heavy atom. The number of carbonyl (C=O) groups is 2. The van der Waals surface area contributed by atoms with Gasteiger partial charge in [0, 0.05) is 12.8 Å². The Kier molecular flexibility index (Phi) is 3.50. The summed E-state index contributed by atoms with van der Waals surface area (Å²) in [4.78, 5) is 26.9. The number of rotatable bonds is 4. The van der Waals surface area contributed by atoms with Crippen LogP contribution in [0, 0.1) is 5.92 Å². The van der Waals surface area contributed by atoms with Crippen LogP contribution in [-0.2, 0) is 19.4 Å². The lowest BCUT2D eigenvalue weighted by Crippen LogP contribution is -2.70. The van der Waals surface area contributed by atoms with E-state index in [1.54, 1.807) is 4.90 Å². The smallest absolute Gasteiger partial charge is 0.249 e. The minimum absolute atomic E-state index is 0.0693. The van der Waals surface area contributed by atoms with Gasteiger partial charge in [-0.1, -0.05) is 12.8 Å². The topological polar surface area (TPSA) is 83.6 Å². The second kappa shape index (κ2) is 4.97. The van der Waals surface area contributed by atoms with Crippen LogP contribution in [0.2, 0.25) is 0 Å². The van der Waals surface area contributed by atoms with Crippen molar-refractivity contribution in [2.24, 2.45) is 5.92 Å². The molecule has 3 aliphatic rings. The van der Waals surface area contributed by atoms with Crippen LogP contribution in [0.25, 0.3) is 0 Å². The van der Waals surface area contributed by atoms with Crippen molar-refractivity contribution in [2.45, 2.75) is 50.1 Å². The Balaban J connectivity index is 1.85. The second-order valence-corrected chi connectivity index (χ2v) is 8.95. The maximum Gasteiger partial charge on any atom is 0.249 e. The van der Waals surface area contributed by atoms with Gasteiger partial charge in [-0.25, -0.2) is 8.42 Å². The van der Waals surface area contributed by atoms with Crippen molar-refractivity contribution < 1.29 is 18.0 Å². The molecule has 6 nitrogen and oxygen atoms in total. The van der Waals surface area contributed by atoms with Crippen LogP contribution < -0.4 is 5.32 Å². The van der Waals surface area contributed by atoms with Crippen LogP contribution >= 0.6 is 0 Å². The van der Waals surface area contributed by atoms with E-state index < -0.39 is 21.4 Å². The molecule has 1 heterocycles. The monoisotopic (exact) mass is 314 g/mol. The Morgan fingerprint density at radius 2 is 1.86 bits per heavy atom. The highest BCUT2D eigenvalue weighted by molar-refractivity contribution is 7.90. The van der Waals surface area contributed by atoms with E-state index in [2.05, 4.69) is 5.32 Å². The van der Waals surface area contributed by atoms with E-state index in [0.29, 0.717) is 12.8 Å². The Bertz CT molecular complexity index is 562. The molecule has 7 heteroatoms. The Hall–Kier alpha value is -1.11. The first kappa shape index (κ1) is 14.8. The largest absolute Gasteiger partial charge is 0.340 e. The third-order valence-electron chi connectivity index (χ3n) is 4.87. The lowest BCUT2D eigenvalue weighted by atomic mass is 9.89. The van der Waals surface area contributed by atoms with Crippen LogP contribution in [0.4, 0.5) is 0 Å². The maximum atomic E-state index is 12.9. The molecule has 118 valence electrons. The molecule has 0 bridgehead atoms. The quantitative estimate of drug-likeness (QED) is 0.796. The molecule has 1 saturated heterocycles. The molecule has 1 spiro atoms. The molecule has 2 amide bonds. The van der Waals surface area contributed by atoms with Crippen molar-refractivity contribution >= 4 is 21.7 Å². The standard InChI is InChI=1S/C14H22N2O4S/c1-21(19,20)9-8-16-11(10-4-5-10)12(17)15-14(13(16)18)6-2-3-7-14/h10-11H,2-9H2,1H3,(H,15,17). The predicted octanol–water partition coefficient (Wildman–Crippen LogP) is 0.0808. The average molecular weight is 314 g/mol. The van der Waals surface area contributed by atoms with Crippen LogP contribution in [0.15, 0.2) is 0 Å². The molecular formula is C14H22N2O4S. The van der Waals surface area contributed by atoms with Crippen LogP contribution in [0.1, 0.15) is 38.5 Å². The molecule has 2 saturated carbocycles. The summed E-state index contributed by atoms with van der Waals surface area (Å²) in [6, 6.07) is -0.467. The minimum atomic E-state index is -3.15. The van der Waals surface area contributed by atoms with Crippen molar-refractivity contribution in [3.63, 3.8) is 0 Å². The van der Waals surface area contributed by atoms with Crippen LogP contribution in [0.5, 0.6) is 0 Å². The van der Waals surface area contributed by atoms with Gasteiger partial charge in [-0.3, -0.25) is 9.59 Å². The number of nitrogens with one attached hydrogen (secondary N) is 1. The molecule has 0 aromatic rings. The summed E-state index contributed by atoms with van der Waals surface area (Å²) in [5.74, 6) is -0.0365. The summed E-state index contributed by atoms with van der Waals surface area (Å²) in [6.07, 6.45) is 6.25. The Labute approximate surface area is 125 Å². The molecule has 2 aliphatic carbocycles. The lowest BCUT2D eigenvalue weighted by molar-refractivity contribution is -0.155. The highest BCUT2D eigenvalue weighted by atomic mass is 32.2. The lowest BCUT2D eigenvalue weighted by Gasteiger charge is -2.44. The van der Waals surface area contributed by atoms with Gasteiger partial charge in [-0.15, -0.1) is 0 Å². The second-order valence-electron chi connectivity index (χ2n) is 6.69. The molecular weight excluding hydrogens is 292 g/mol. The van der Waals surface area contributed by atoms with Gasteiger partial charge < -0.3 is 10.2 Å². The van der Waals surface area contributed by atoms with Crippen molar-refractivity contribution in [2.75, 3.05) is 18.6 Å². The van der Waals surface area contributed by atoms with Gasteiger partial charge in [-0.2, -0.15) is 0 Å². The molecule has 21 heavy (non-hydrogen) atoms. The number of amides is 2. The normalized spacial score (nSPS) is 29.0. The van der Waals surface area contributed by atoms with Crippen LogP contribution in [0.3, 0.4) is 0 Å². The summed E-state index contributed by atoms with van der Waals surface area (Å²) in [5, 5.41) is 2.96. The molecule has 1 unspecified atom stereocenters. The minimum Gasteiger partial charge on any atom is -0.340 e. The van der Waals surface area contributed by atoms with Gasteiger partial charge in [0.15, 0.2) is 0 Å². The number of nitrogens with zero attached hydrogens (tertiary/aromatic N) is 1. The first-order valence-corrected chi connectivity index (χ1v) is 9.69. The molecule has 0 aromatic heterocycles. The third kappa shape index (κ3) is 2.80. The molecule has 3 fully saturated rings. The molecule has 0 radical (unpaired) electrons. The zero-order valence-corrected chi connectivity index (χ0v) is 13.1. The number of hydrogen-bond donors (Lipinski definition) is 1. The van der Waals surface area contributed by atoms with Crippen molar-refractivity contribution in [3.05, 3.63) is 0 Å². The van der Waals surface area contributed by atoms with E-state index >= 15 is 0 Å².